The second-order valence-electron chi connectivity index (χ2n) is 6.62. The monoisotopic (exact) mass is 351 g/mol. The number of aromatic nitrogens is 6. The van der Waals surface area contributed by atoms with Gasteiger partial charge in [-0.1, -0.05) is 6.07 Å². The van der Waals surface area contributed by atoms with Crippen LogP contribution in [0.15, 0.2) is 36.9 Å². The number of pyridine rings is 1. The van der Waals surface area contributed by atoms with Gasteiger partial charge in [-0.3, -0.25) is 14.5 Å². The molecule has 1 aliphatic rings. The predicted octanol–water partition coefficient (Wildman–Crippen LogP) is 1.14. The SMILES string of the molecule is Cn1cc(-c2nnc3n2CCC(NC(=O)Cc2cccnc2)CC3)cn1. The molecule has 1 amide bonds. The van der Waals surface area contributed by atoms with Crippen molar-refractivity contribution in [3.63, 3.8) is 0 Å². The van der Waals surface area contributed by atoms with E-state index in [-0.39, 0.29) is 11.9 Å². The van der Waals surface area contributed by atoms with Crippen molar-refractivity contribution in [2.75, 3.05) is 0 Å². The molecular formula is C18H21N7O. The average Bonchev–Trinajstić information content (AvgIpc) is 3.19. The van der Waals surface area contributed by atoms with Gasteiger partial charge in [0.1, 0.15) is 5.82 Å². The molecule has 4 heterocycles. The fourth-order valence-corrected chi connectivity index (χ4v) is 3.35. The summed E-state index contributed by atoms with van der Waals surface area (Å²) < 4.78 is 3.90. The predicted molar refractivity (Wildman–Crippen MR) is 95.0 cm³/mol. The highest BCUT2D eigenvalue weighted by Crippen LogP contribution is 2.22. The summed E-state index contributed by atoms with van der Waals surface area (Å²) in [5, 5.41) is 16.0. The van der Waals surface area contributed by atoms with Crippen molar-refractivity contribution in [2.24, 2.45) is 7.05 Å². The summed E-state index contributed by atoms with van der Waals surface area (Å²) in [6, 6.07) is 3.91. The fraction of sp³-hybridized carbons (Fsp3) is 0.389. The molecule has 1 unspecified atom stereocenters. The lowest BCUT2D eigenvalue weighted by Crippen LogP contribution is -2.36. The smallest absolute Gasteiger partial charge is 0.224 e. The van der Waals surface area contributed by atoms with Crippen LogP contribution in [0.3, 0.4) is 0 Å². The van der Waals surface area contributed by atoms with E-state index >= 15 is 0 Å². The Hall–Kier alpha value is -3.03. The first kappa shape index (κ1) is 16.4. The molecule has 3 aromatic rings. The normalized spacial score (nSPS) is 16.7. The van der Waals surface area contributed by atoms with Crippen LogP contribution in [-0.4, -0.2) is 41.5 Å². The van der Waals surface area contributed by atoms with Gasteiger partial charge in [-0.25, -0.2) is 0 Å². The van der Waals surface area contributed by atoms with E-state index in [9.17, 15) is 4.79 Å². The third-order valence-electron chi connectivity index (χ3n) is 4.66. The molecule has 0 fully saturated rings. The van der Waals surface area contributed by atoms with E-state index in [1.165, 1.54) is 0 Å². The molecule has 26 heavy (non-hydrogen) atoms. The van der Waals surface area contributed by atoms with Gasteiger partial charge in [0, 0.05) is 44.6 Å². The van der Waals surface area contributed by atoms with E-state index in [0.717, 1.165) is 48.6 Å². The highest BCUT2D eigenvalue weighted by Gasteiger charge is 2.22. The van der Waals surface area contributed by atoms with Gasteiger partial charge >= 0.3 is 0 Å². The lowest BCUT2D eigenvalue weighted by molar-refractivity contribution is -0.121. The van der Waals surface area contributed by atoms with Gasteiger partial charge in [0.15, 0.2) is 5.82 Å². The maximum atomic E-state index is 12.3. The molecule has 134 valence electrons. The standard InChI is InChI=1S/C18H21N7O/c1-24-12-14(11-20-24)18-23-22-16-5-4-15(6-8-25(16)18)21-17(26)9-13-3-2-7-19-10-13/h2-3,7,10-12,15H,4-6,8-9H2,1H3,(H,21,26). The molecule has 0 saturated heterocycles. The Balaban J connectivity index is 1.41. The van der Waals surface area contributed by atoms with Crippen molar-refractivity contribution < 1.29 is 4.79 Å². The molecule has 1 atom stereocenters. The van der Waals surface area contributed by atoms with Crippen LogP contribution < -0.4 is 5.32 Å². The van der Waals surface area contributed by atoms with Crippen molar-refractivity contribution in [3.05, 3.63) is 48.3 Å². The minimum Gasteiger partial charge on any atom is -0.353 e. The molecule has 4 rings (SSSR count). The van der Waals surface area contributed by atoms with Crippen molar-refractivity contribution >= 4 is 5.91 Å². The zero-order valence-electron chi connectivity index (χ0n) is 14.7. The molecule has 0 spiro atoms. The average molecular weight is 351 g/mol. The van der Waals surface area contributed by atoms with Crippen LogP contribution in [0.4, 0.5) is 0 Å². The lowest BCUT2D eigenvalue weighted by Gasteiger charge is -2.16. The molecule has 1 aliphatic heterocycles. The first-order chi connectivity index (χ1) is 12.7. The number of nitrogens with zero attached hydrogens (tertiary/aromatic N) is 6. The Morgan fingerprint density at radius 3 is 3.00 bits per heavy atom. The number of aryl methyl sites for hydroxylation is 2. The second kappa shape index (κ2) is 7.07. The molecule has 0 saturated carbocycles. The summed E-state index contributed by atoms with van der Waals surface area (Å²) in [6.07, 6.45) is 10.1. The topological polar surface area (TPSA) is 90.5 Å². The summed E-state index contributed by atoms with van der Waals surface area (Å²) in [5.74, 6) is 1.84. The van der Waals surface area contributed by atoms with Crippen molar-refractivity contribution in [2.45, 2.75) is 38.3 Å². The largest absolute Gasteiger partial charge is 0.353 e. The summed E-state index contributed by atoms with van der Waals surface area (Å²) in [5.41, 5.74) is 1.89. The van der Waals surface area contributed by atoms with Gasteiger partial charge < -0.3 is 9.88 Å². The number of fused-ring (bicyclic) bond motifs is 1. The molecule has 0 aromatic carbocycles. The first-order valence-electron chi connectivity index (χ1n) is 8.78. The molecule has 0 bridgehead atoms. The Bertz CT molecular complexity index is 899. The van der Waals surface area contributed by atoms with Gasteiger partial charge in [-0.15, -0.1) is 10.2 Å². The lowest BCUT2D eigenvalue weighted by atomic mass is 10.1. The third-order valence-corrected chi connectivity index (χ3v) is 4.66. The Morgan fingerprint density at radius 1 is 1.31 bits per heavy atom. The van der Waals surface area contributed by atoms with Crippen LogP contribution in [0.25, 0.3) is 11.4 Å². The Labute approximate surface area is 151 Å². The molecule has 1 N–H and O–H groups in total. The number of nitrogens with one attached hydrogen (secondary N) is 1. The number of carbonyl (C=O) groups is 1. The maximum Gasteiger partial charge on any atom is 0.224 e. The molecule has 3 aromatic heterocycles. The summed E-state index contributed by atoms with van der Waals surface area (Å²) >= 11 is 0. The Morgan fingerprint density at radius 2 is 2.23 bits per heavy atom. The zero-order valence-corrected chi connectivity index (χ0v) is 14.7. The highest BCUT2D eigenvalue weighted by molar-refractivity contribution is 5.78. The minimum atomic E-state index is 0.0353. The zero-order chi connectivity index (χ0) is 17.9. The van der Waals surface area contributed by atoms with Crippen LogP contribution in [-0.2, 0) is 31.2 Å². The number of carbonyl (C=O) groups excluding carboxylic acids is 1. The van der Waals surface area contributed by atoms with Crippen LogP contribution >= 0.6 is 0 Å². The van der Waals surface area contributed by atoms with Crippen molar-refractivity contribution in [3.8, 4) is 11.4 Å². The number of rotatable bonds is 4. The summed E-state index contributed by atoms with van der Waals surface area (Å²) in [4.78, 5) is 16.4. The highest BCUT2D eigenvalue weighted by atomic mass is 16.1. The molecule has 8 heteroatoms. The van der Waals surface area contributed by atoms with Crippen molar-refractivity contribution in [1.29, 1.82) is 0 Å². The van der Waals surface area contributed by atoms with Gasteiger partial charge in [0.05, 0.1) is 18.2 Å². The Kier molecular flexibility index (Phi) is 4.47. The molecule has 8 nitrogen and oxygen atoms in total. The molecular weight excluding hydrogens is 330 g/mol. The van der Waals surface area contributed by atoms with E-state index in [2.05, 4.69) is 30.2 Å². The van der Waals surface area contributed by atoms with Crippen molar-refractivity contribution in [1.82, 2.24) is 34.8 Å². The number of hydrogen-bond acceptors (Lipinski definition) is 5. The van der Waals surface area contributed by atoms with Crippen LogP contribution in [0.5, 0.6) is 0 Å². The number of amides is 1. The van der Waals surface area contributed by atoms with Crippen LogP contribution in [0, 0.1) is 0 Å². The van der Waals surface area contributed by atoms with E-state index in [1.807, 2.05) is 25.4 Å². The second-order valence-corrected chi connectivity index (χ2v) is 6.62. The van der Waals surface area contributed by atoms with Crippen LogP contribution in [0.1, 0.15) is 24.2 Å². The van der Waals surface area contributed by atoms with Gasteiger partial charge in [0.25, 0.3) is 0 Å². The van der Waals surface area contributed by atoms with Crippen LogP contribution in [0.2, 0.25) is 0 Å². The van der Waals surface area contributed by atoms with E-state index < -0.39 is 0 Å². The summed E-state index contributed by atoms with van der Waals surface area (Å²) in [7, 11) is 1.89. The van der Waals surface area contributed by atoms with E-state index in [4.69, 9.17) is 0 Å². The van der Waals surface area contributed by atoms with Gasteiger partial charge in [-0.05, 0) is 24.5 Å². The maximum absolute atomic E-state index is 12.3. The van der Waals surface area contributed by atoms with E-state index in [0.29, 0.717) is 6.42 Å². The quantitative estimate of drug-likeness (QED) is 0.761. The first-order valence-corrected chi connectivity index (χ1v) is 8.78. The fourth-order valence-electron chi connectivity index (χ4n) is 3.35. The van der Waals surface area contributed by atoms with Gasteiger partial charge in [0.2, 0.25) is 5.91 Å². The third kappa shape index (κ3) is 3.49. The number of hydrogen-bond donors (Lipinski definition) is 1. The molecule has 0 radical (unpaired) electrons. The summed E-state index contributed by atoms with van der Waals surface area (Å²) in [6.45, 7) is 0.782. The van der Waals surface area contributed by atoms with E-state index in [1.54, 1.807) is 23.3 Å². The molecule has 0 aliphatic carbocycles. The van der Waals surface area contributed by atoms with Gasteiger partial charge in [-0.2, -0.15) is 5.10 Å². The minimum absolute atomic E-state index is 0.0353.